The molecule has 2 aliphatic heterocycles. The molecule has 0 radical (unpaired) electrons. The highest BCUT2D eigenvalue weighted by Crippen LogP contribution is 2.30. The number of rotatable bonds is 3. The van der Waals surface area contributed by atoms with Gasteiger partial charge in [-0.1, -0.05) is 0 Å². The highest BCUT2D eigenvalue weighted by atomic mass is 16.8. The van der Waals surface area contributed by atoms with Crippen molar-refractivity contribution in [2.45, 2.75) is 52.1 Å². The lowest BCUT2D eigenvalue weighted by molar-refractivity contribution is -0.245. The number of hydrogen-bond donors (Lipinski definition) is 0. The minimum Gasteiger partial charge on any atom is -0.422 e. The predicted octanol–water partition coefficient (Wildman–Crippen LogP) is 0.671. The van der Waals surface area contributed by atoms with E-state index in [1.54, 1.807) is 0 Å². The van der Waals surface area contributed by atoms with Crippen LogP contribution in [0.2, 0.25) is 0 Å². The fourth-order valence-corrected chi connectivity index (χ4v) is 2.29. The van der Waals surface area contributed by atoms with Crippen molar-refractivity contribution in [1.29, 1.82) is 0 Å². The molecular weight excluding hydrogens is 296 g/mol. The van der Waals surface area contributed by atoms with Crippen LogP contribution < -0.4 is 0 Å². The largest absolute Gasteiger partial charge is 0.422 e. The maximum absolute atomic E-state index is 11.8. The van der Waals surface area contributed by atoms with E-state index in [-0.39, 0.29) is 12.8 Å². The number of esters is 4. The third-order valence-corrected chi connectivity index (χ3v) is 3.27. The highest BCUT2D eigenvalue weighted by molar-refractivity contribution is 5.98. The number of ether oxygens (including phenoxy) is 4. The van der Waals surface area contributed by atoms with E-state index >= 15 is 0 Å². The summed E-state index contributed by atoms with van der Waals surface area (Å²) in [5.74, 6) is -7.89. The van der Waals surface area contributed by atoms with Crippen molar-refractivity contribution < 1.29 is 38.1 Å². The molecular formula is C14H18O8. The molecule has 0 amide bonds. The van der Waals surface area contributed by atoms with Gasteiger partial charge in [-0.2, -0.15) is 0 Å². The molecule has 122 valence electrons. The van der Waals surface area contributed by atoms with Crippen molar-refractivity contribution in [3.05, 3.63) is 0 Å². The van der Waals surface area contributed by atoms with Crippen LogP contribution in [0.3, 0.4) is 0 Å². The Morgan fingerprint density at radius 3 is 1.09 bits per heavy atom. The number of cyclic esters (lactones) is 4. The van der Waals surface area contributed by atoms with Crippen molar-refractivity contribution in [3.63, 3.8) is 0 Å². The average Bonchev–Trinajstić information content (AvgIpc) is 2.27. The smallest absolute Gasteiger partial charge is 0.323 e. The van der Waals surface area contributed by atoms with Gasteiger partial charge in [-0.25, -0.2) is 0 Å². The summed E-state index contributed by atoms with van der Waals surface area (Å²) in [6, 6.07) is 0. The molecule has 2 fully saturated rings. The zero-order valence-electron chi connectivity index (χ0n) is 12.8. The molecule has 0 aromatic rings. The molecule has 0 spiro atoms. The number of hydrogen-bond acceptors (Lipinski definition) is 8. The van der Waals surface area contributed by atoms with Crippen LogP contribution in [0.25, 0.3) is 0 Å². The zero-order chi connectivity index (χ0) is 16.7. The third-order valence-electron chi connectivity index (χ3n) is 3.27. The molecule has 0 atom stereocenters. The maximum Gasteiger partial charge on any atom is 0.323 e. The second-order valence-corrected chi connectivity index (χ2v) is 6.17. The SMILES string of the molecule is CC1(C)OC(=O)C(CCC2C(=O)OC(C)(C)OC2=O)C(=O)O1. The van der Waals surface area contributed by atoms with Gasteiger partial charge >= 0.3 is 23.9 Å². The Bertz CT molecular complexity index is 445. The van der Waals surface area contributed by atoms with Gasteiger partial charge < -0.3 is 18.9 Å². The maximum atomic E-state index is 11.8. The summed E-state index contributed by atoms with van der Waals surface area (Å²) in [5, 5.41) is 0. The Morgan fingerprint density at radius 1 is 0.636 bits per heavy atom. The molecule has 0 N–H and O–H groups in total. The van der Waals surface area contributed by atoms with Gasteiger partial charge in [0.1, 0.15) is 0 Å². The van der Waals surface area contributed by atoms with Crippen LogP contribution in [0.15, 0.2) is 0 Å². The van der Waals surface area contributed by atoms with Gasteiger partial charge in [0, 0.05) is 27.7 Å². The summed E-state index contributed by atoms with van der Waals surface area (Å²) in [6.45, 7) is 5.77. The Labute approximate surface area is 127 Å². The molecule has 0 aliphatic carbocycles. The summed E-state index contributed by atoms with van der Waals surface area (Å²) < 4.78 is 19.9. The Kier molecular flexibility index (Phi) is 3.88. The standard InChI is InChI=1S/C14H18O8/c1-13(2)19-9(15)7(10(16)20-13)5-6-8-11(17)21-14(3,4)22-12(8)18/h7-8H,5-6H2,1-4H3. The van der Waals surface area contributed by atoms with E-state index in [4.69, 9.17) is 18.9 Å². The molecule has 2 saturated heterocycles. The average molecular weight is 314 g/mol. The second kappa shape index (κ2) is 5.26. The first kappa shape index (κ1) is 16.3. The van der Waals surface area contributed by atoms with E-state index in [9.17, 15) is 19.2 Å². The molecule has 0 unspecified atom stereocenters. The fourth-order valence-electron chi connectivity index (χ4n) is 2.29. The summed E-state index contributed by atoms with van der Waals surface area (Å²) in [7, 11) is 0. The molecule has 2 rings (SSSR count). The van der Waals surface area contributed by atoms with Gasteiger partial charge in [-0.3, -0.25) is 19.2 Å². The monoisotopic (exact) mass is 314 g/mol. The molecule has 2 aliphatic rings. The Hall–Kier alpha value is -2.12. The molecule has 8 heteroatoms. The first-order valence-corrected chi connectivity index (χ1v) is 6.92. The molecule has 0 bridgehead atoms. The first-order chi connectivity index (χ1) is 10.0. The van der Waals surface area contributed by atoms with Gasteiger partial charge in [0.15, 0.2) is 11.8 Å². The summed E-state index contributed by atoms with van der Waals surface area (Å²) >= 11 is 0. The van der Waals surface area contributed by atoms with Crippen molar-refractivity contribution in [2.75, 3.05) is 0 Å². The molecule has 2 heterocycles. The molecule has 8 nitrogen and oxygen atoms in total. The molecule has 0 aromatic carbocycles. The van der Waals surface area contributed by atoms with E-state index in [2.05, 4.69) is 0 Å². The van der Waals surface area contributed by atoms with Crippen LogP contribution in [0.5, 0.6) is 0 Å². The fraction of sp³-hybridized carbons (Fsp3) is 0.714. The number of carbonyl (C=O) groups excluding carboxylic acids is 4. The second-order valence-electron chi connectivity index (χ2n) is 6.17. The van der Waals surface area contributed by atoms with Crippen LogP contribution in [0.4, 0.5) is 0 Å². The Balaban J connectivity index is 1.98. The van der Waals surface area contributed by atoms with E-state index in [1.165, 1.54) is 27.7 Å². The van der Waals surface area contributed by atoms with Crippen LogP contribution in [-0.4, -0.2) is 35.5 Å². The molecule has 22 heavy (non-hydrogen) atoms. The zero-order valence-corrected chi connectivity index (χ0v) is 12.8. The van der Waals surface area contributed by atoms with Gasteiger partial charge in [0.25, 0.3) is 11.6 Å². The highest BCUT2D eigenvalue weighted by Gasteiger charge is 2.46. The predicted molar refractivity (Wildman–Crippen MR) is 68.7 cm³/mol. The van der Waals surface area contributed by atoms with Gasteiger partial charge in [-0.15, -0.1) is 0 Å². The number of carbonyl (C=O) groups is 4. The van der Waals surface area contributed by atoms with Crippen molar-refractivity contribution in [3.8, 4) is 0 Å². The first-order valence-electron chi connectivity index (χ1n) is 6.92. The van der Waals surface area contributed by atoms with Gasteiger partial charge in [0.05, 0.1) is 0 Å². The van der Waals surface area contributed by atoms with E-state index in [0.717, 1.165) is 0 Å². The lowest BCUT2D eigenvalue weighted by Crippen LogP contribution is -2.48. The topological polar surface area (TPSA) is 105 Å². The van der Waals surface area contributed by atoms with Crippen LogP contribution >= 0.6 is 0 Å². The van der Waals surface area contributed by atoms with E-state index < -0.39 is 47.3 Å². The minimum atomic E-state index is -1.31. The lowest BCUT2D eigenvalue weighted by atomic mass is 9.94. The van der Waals surface area contributed by atoms with Crippen LogP contribution in [0, 0.1) is 11.8 Å². The Morgan fingerprint density at radius 2 is 0.864 bits per heavy atom. The summed E-state index contributed by atoms with van der Waals surface area (Å²) in [4.78, 5) is 47.2. The normalized spacial score (nSPS) is 25.1. The molecule has 0 aromatic heterocycles. The van der Waals surface area contributed by atoms with Crippen LogP contribution in [-0.2, 0) is 38.1 Å². The van der Waals surface area contributed by atoms with Crippen molar-refractivity contribution in [1.82, 2.24) is 0 Å². The minimum absolute atomic E-state index is 0.0664. The van der Waals surface area contributed by atoms with Crippen molar-refractivity contribution in [2.24, 2.45) is 11.8 Å². The van der Waals surface area contributed by atoms with E-state index in [0.29, 0.717) is 0 Å². The van der Waals surface area contributed by atoms with Gasteiger partial charge in [0.2, 0.25) is 0 Å². The quantitative estimate of drug-likeness (QED) is 0.553. The third kappa shape index (κ3) is 3.37. The van der Waals surface area contributed by atoms with Gasteiger partial charge in [-0.05, 0) is 12.8 Å². The molecule has 0 saturated carbocycles. The van der Waals surface area contributed by atoms with Crippen molar-refractivity contribution >= 4 is 23.9 Å². The summed E-state index contributed by atoms with van der Waals surface area (Å²) in [5.41, 5.74) is 0. The summed E-state index contributed by atoms with van der Waals surface area (Å²) in [6.07, 6.45) is -0.133. The van der Waals surface area contributed by atoms with Crippen LogP contribution in [0.1, 0.15) is 40.5 Å². The lowest BCUT2D eigenvalue weighted by Gasteiger charge is -2.34. The van der Waals surface area contributed by atoms with E-state index in [1.807, 2.05) is 0 Å².